The number of rotatable bonds is 4. The zero-order valence-electron chi connectivity index (χ0n) is 8.79. The number of hydrogen-bond donors (Lipinski definition) is 0. The van der Waals surface area contributed by atoms with Gasteiger partial charge in [0.25, 0.3) is 0 Å². The molecular formula is C11H15BrOZn. The van der Waals surface area contributed by atoms with E-state index in [0.717, 1.165) is 18.8 Å². The molecule has 0 aromatic heterocycles. The van der Waals surface area contributed by atoms with Gasteiger partial charge in [-0.1, -0.05) is 13.8 Å². The van der Waals surface area contributed by atoms with Gasteiger partial charge in [-0.15, -0.1) is 12.1 Å². The van der Waals surface area contributed by atoms with Crippen molar-refractivity contribution in [1.29, 1.82) is 0 Å². The van der Waals surface area contributed by atoms with E-state index in [0.29, 0.717) is 5.92 Å². The molecule has 0 bridgehead atoms. The van der Waals surface area contributed by atoms with E-state index in [9.17, 15) is 0 Å². The van der Waals surface area contributed by atoms with Crippen molar-refractivity contribution in [2.75, 3.05) is 6.61 Å². The molecule has 0 aliphatic carbocycles. The van der Waals surface area contributed by atoms with Gasteiger partial charge in [0.15, 0.2) is 0 Å². The molecule has 0 heterocycles. The van der Waals surface area contributed by atoms with Gasteiger partial charge in [-0.25, -0.2) is 0 Å². The molecule has 0 unspecified atom stereocenters. The topological polar surface area (TPSA) is 9.23 Å². The Kier molecular flexibility index (Phi) is 9.75. The van der Waals surface area contributed by atoms with Crippen LogP contribution in [0, 0.1) is 12.0 Å². The molecule has 0 saturated heterocycles. The van der Waals surface area contributed by atoms with Crippen LogP contribution in [0.4, 0.5) is 0 Å². The second-order valence-electron chi connectivity index (χ2n) is 3.27. The quantitative estimate of drug-likeness (QED) is 0.608. The second kappa shape index (κ2) is 9.67. The first-order valence-electron chi connectivity index (χ1n) is 4.64. The number of benzene rings is 1. The summed E-state index contributed by atoms with van der Waals surface area (Å²) in [5, 5.41) is 0. The fraction of sp³-hybridized carbons (Fsp3) is 0.455. The molecule has 1 nitrogen and oxygen atoms in total. The molecule has 74 valence electrons. The summed E-state index contributed by atoms with van der Waals surface area (Å²) in [4.78, 5) is 0. The standard InChI is InChI=1S/C11H15O.BrH.Zn/c1-10(2)8-9-12-11-6-4-3-5-7-11;;/h4-7,10H,8-9H2,1-2H3;1H;/q-1;;+2/p-1. The third kappa shape index (κ3) is 7.52. The van der Waals surface area contributed by atoms with E-state index in [2.05, 4.69) is 33.5 Å². The van der Waals surface area contributed by atoms with Crippen LogP contribution in [0.2, 0.25) is 0 Å². The molecule has 1 rings (SSSR count). The molecule has 3 heteroatoms. The summed E-state index contributed by atoms with van der Waals surface area (Å²) in [5.74, 6) is 1.65. The maximum absolute atomic E-state index is 5.50. The van der Waals surface area contributed by atoms with Gasteiger partial charge in [0.2, 0.25) is 0 Å². The van der Waals surface area contributed by atoms with Gasteiger partial charge in [0.1, 0.15) is 0 Å². The molecule has 14 heavy (non-hydrogen) atoms. The Morgan fingerprint density at radius 1 is 1.36 bits per heavy atom. The summed E-state index contributed by atoms with van der Waals surface area (Å²) in [6.07, 6.45) is 1.11. The molecule has 0 aliphatic rings. The van der Waals surface area contributed by atoms with Crippen LogP contribution in [0.25, 0.3) is 0 Å². The van der Waals surface area contributed by atoms with Crippen molar-refractivity contribution in [3.8, 4) is 5.75 Å². The van der Waals surface area contributed by atoms with Crippen LogP contribution < -0.4 is 4.74 Å². The van der Waals surface area contributed by atoms with Crippen LogP contribution in [0.1, 0.15) is 20.3 Å². The summed E-state index contributed by atoms with van der Waals surface area (Å²) in [7, 11) is 0. The molecular weight excluding hydrogens is 293 g/mol. The Hall–Kier alpha value is 0.123. The Bertz CT molecular complexity index is 214. The van der Waals surface area contributed by atoms with Crippen molar-refractivity contribution >= 4 is 13.6 Å². The van der Waals surface area contributed by atoms with E-state index in [4.69, 9.17) is 4.74 Å². The molecule has 0 saturated carbocycles. The zero-order valence-corrected chi connectivity index (χ0v) is 13.3. The summed E-state index contributed by atoms with van der Waals surface area (Å²) in [6, 6.07) is 10.5. The Labute approximate surface area is 103 Å². The predicted molar refractivity (Wildman–Crippen MR) is 59.2 cm³/mol. The minimum atomic E-state index is 0.709. The summed E-state index contributed by atoms with van der Waals surface area (Å²) in [5.41, 5.74) is 0. The average molecular weight is 309 g/mol. The van der Waals surface area contributed by atoms with Gasteiger partial charge in [-0.2, -0.15) is 18.2 Å². The van der Waals surface area contributed by atoms with E-state index in [1.807, 2.05) is 24.3 Å². The fourth-order valence-corrected chi connectivity index (χ4v) is 0.880. The van der Waals surface area contributed by atoms with Crippen LogP contribution in [0.3, 0.4) is 0 Å². The van der Waals surface area contributed by atoms with Crippen molar-refractivity contribution in [3.05, 3.63) is 30.3 Å². The van der Waals surface area contributed by atoms with Crippen LogP contribution in [0.15, 0.2) is 24.3 Å². The molecule has 0 atom stereocenters. The molecule has 0 radical (unpaired) electrons. The minimum absolute atomic E-state index is 0.709. The SMILES string of the molecule is CC(C)CCOc1cc[c-]cc1.[Zn+][Br]. The third-order valence-corrected chi connectivity index (χ3v) is 1.65. The normalized spacial score (nSPS) is 9.29. The van der Waals surface area contributed by atoms with Crippen LogP contribution in [-0.4, -0.2) is 6.61 Å². The first-order chi connectivity index (χ1) is 6.79. The molecule has 0 N–H and O–H groups in total. The fourth-order valence-electron chi connectivity index (χ4n) is 0.880. The third-order valence-electron chi connectivity index (χ3n) is 1.65. The summed E-state index contributed by atoms with van der Waals surface area (Å²) < 4.78 is 5.50. The monoisotopic (exact) mass is 306 g/mol. The van der Waals surface area contributed by atoms with Gasteiger partial charge in [-0.3, -0.25) is 0 Å². The van der Waals surface area contributed by atoms with Crippen molar-refractivity contribution in [2.24, 2.45) is 5.92 Å². The van der Waals surface area contributed by atoms with E-state index in [1.165, 1.54) is 16.3 Å². The maximum atomic E-state index is 5.50. The first-order valence-corrected chi connectivity index (χ1v) is 11.6. The molecule has 0 amide bonds. The van der Waals surface area contributed by atoms with Gasteiger partial charge >= 0.3 is 30.0 Å². The van der Waals surface area contributed by atoms with Crippen LogP contribution in [0.5, 0.6) is 5.75 Å². The number of ether oxygens (including phenoxy) is 1. The summed E-state index contributed by atoms with van der Waals surface area (Å²) in [6.45, 7) is 5.20. The van der Waals surface area contributed by atoms with Gasteiger partial charge in [-0.05, 0) is 12.3 Å². The summed E-state index contributed by atoms with van der Waals surface area (Å²) >= 11 is 4.25. The van der Waals surface area contributed by atoms with Crippen LogP contribution >= 0.6 is 13.6 Å². The van der Waals surface area contributed by atoms with E-state index in [-0.39, 0.29) is 0 Å². The molecule has 1 aromatic carbocycles. The number of halogens is 1. The van der Waals surface area contributed by atoms with Gasteiger partial charge in [0, 0.05) is 5.75 Å². The Morgan fingerprint density at radius 2 is 1.93 bits per heavy atom. The van der Waals surface area contributed by atoms with Gasteiger partial charge < -0.3 is 4.74 Å². The average Bonchev–Trinajstić information content (AvgIpc) is 2.22. The predicted octanol–water partition coefficient (Wildman–Crippen LogP) is 3.75. The Morgan fingerprint density at radius 3 is 2.43 bits per heavy atom. The van der Waals surface area contributed by atoms with Crippen molar-refractivity contribution < 1.29 is 21.1 Å². The second-order valence-corrected chi connectivity index (χ2v) is 3.27. The molecule has 1 aromatic rings. The first kappa shape index (κ1) is 14.1. The zero-order chi connectivity index (χ0) is 10.8. The Balaban J connectivity index is 0.000000791. The van der Waals surface area contributed by atoms with E-state index >= 15 is 0 Å². The van der Waals surface area contributed by atoms with E-state index < -0.39 is 0 Å². The van der Waals surface area contributed by atoms with Crippen molar-refractivity contribution in [2.45, 2.75) is 20.3 Å². The molecule has 0 fully saturated rings. The van der Waals surface area contributed by atoms with Crippen molar-refractivity contribution in [1.82, 2.24) is 0 Å². The van der Waals surface area contributed by atoms with E-state index in [1.54, 1.807) is 0 Å². The van der Waals surface area contributed by atoms with Gasteiger partial charge in [0.05, 0.1) is 6.61 Å². The van der Waals surface area contributed by atoms with Crippen molar-refractivity contribution in [3.63, 3.8) is 0 Å². The van der Waals surface area contributed by atoms with Crippen LogP contribution in [-0.2, 0) is 16.3 Å². The molecule has 0 spiro atoms. The number of hydrogen-bond acceptors (Lipinski definition) is 1. The molecule has 0 aliphatic heterocycles.